The maximum atomic E-state index is 16.2. The molecule has 5 heterocycles. The summed E-state index contributed by atoms with van der Waals surface area (Å²) in [5.41, 5.74) is -10.1. The van der Waals surface area contributed by atoms with Crippen LogP contribution >= 0.6 is 0 Å². The molecular formula is C76H112O36. The molecule has 16 N–H and O–H groups in total. The summed E-state index contributed by atoms with van der Waals surface area (Å²) >= 11 is 0. The molecule has 0 spiro atoms. The summed E-state index contributed by atoms with van der Waals surface area (Å²) in [6.07, 6.45) is -36.6. The Balaban J connectivity index is 0.910. The fraction of sp³-hybridized carbons (Fsp3) is 0.803. The zero-order chi connectivity index (χ0) is 82.2. The van der Waals surface area contributed by atoms with Crippen LogP contribution in [0, 0.1) is 50.2 Å². The molecule has 0 unspecified atom stereocenters. The standard InChI is InChI=1S/C76H112O36/c1-33-55(107-46(83)15-12-35-22-40(98-9)57(100-11)41(23-35)99-10)53(90)59(110-64-54(91)58(56(34(2)104-64)108-62-51(88)48(85)39(80)29-101-62)109-66-60(92)76(97,32-103-66)31-102-47(84)27-70(5,96)26-45(81)82)65(105-33)112-68(95)74-19-18-69(3,4)24-37(74)36-13-14-43-71(6)25-38(79)61(111-63-52(89)50(87)49(86)42(28-77)106-63)73(8,67(93)94)44(71)16-17-72(43,7)75(36,30-78)21-20-74/h12-13,15,22-23,33-34,37-39,42-44,48-56,58-66,77-80,85-92,96-97H,14,16-21,24-32H2,1-11H3,(H,81,82)(H,93,94)/t33-,34+,37+,38+,39-,42-,43-,44-,48+,49-,50+,51-,52-,53+,54-,55+,56+,58+,59-,60+,61+,62+,63+,64+,65+,66+,70+,71-,72-,73+,74+,75+,76-/m1/s1. The molecule has 33 atom stereocenters. The molecule has 4 saturated carbocycles. The molecule has 0 amide bonds. The number of carboxylic acids is 2. The molecule has 10 aliphatic rings. The summed E-state index contributed by atoms with van der Waals surface area (Å²) < 4.78 is 89.3. The topological polar surface area (TPSA) is 547 Å². The second-order valence-corrected chi connectivity index (χ2v) is 34.1. The van der Waals surface area contributed by atoms with Crippen LogP contribution in [0.25, 0.3) is 6.08 Å². The number of rotatable bonds is 25. The number of hydrogen-bond donors (Lipinski definition) is 16. The largest absolute Gasteiger partial charge is 0.493 e. The number of aliphatic carboxylic acids is 2. The SMILES string of the molecule is COc1cc(C=CC(=O)O[C@@H]2[C@H](O)[C@@H](O[C@@H]3O[C@@H](C)[C@H](O[C@@H]4OC[C@@H](O)[C@H](O)[C@H]4O)[C@@H](O[C@@H]4OC[C@](O)(COC(=O)C[C@@](C)(O)CC(=O)O)[C@H]4O)[C@H]3O)[C@H](OC(=O)[C@]34CCC(C)(C)C[C@H]3C3=CC[C@@H]5[C@@]6(C)C[C@H](O)[C@H](O[C@@H]7O[C@H](CO)[C@@H](O)[C@H](O)[C@H]7O)[C@@](C)(C(=O)O)[C@@H]6CC[C@@]5(C)[C@]3(CO)CC4)O[C@@H]2C)cc(OC)c1OC. The first kappa shape index (κ1) is 87.4. The van der Waals surface area contributed by atoms with E-state index in [-0.39, 0.29) is 55.8 Å². The second kappa shape index (κ2) is 33.1. The maximum Gasteiger partial charge on any atom is 0.331 e. The number of carbonyl (C=O) groups excluding carboxylic acids is 3. The van der Waals surface area contributed by atoms with Crippen molar-refractivity contribution in [1.82, 2.24) is 0 Å². The third-order valence-electron chi connectivity index (χ3n) is 26.4. The first-order valence-electron chi connectivity index (χ1n) is 38.0. The molecule has 1 aromatic carbocycles. The molecule has 5 saturated heterocycles. The number of aliphatic hydroxyl groups excluding tert-OH is 12. The van der Waals surface area contributed by atoms with E-state index in [4.69, 9.17) is 71.1 Å². The van der Waals surface area contributed by atoms with Gasteiger partial charge >= 0.3 is 29.8 Å². The quantitative estimate of drug-likeness (QED) is 0.0176. The Kier molecular flexibility index (Phi) is 25.9. The van der Waals surface area contributed by atoms with Crippen LogP contribution in [0.4, 0.5) is 0 Å². The Bertz CT molecular complexity index is 3580. The van der Waals surface area contributed by atoms with Crippen molar-refractivity contribution in [3.05, 3.63) is 35.4 Å². The molecule has 0 radical (unpaired) electrons. The lowest BCUT2D eigenvalue weighted by Crippen LogP contribution is -2.71. The molecule has 112 heavy (non-hydrogen) atoms. The van der Waals surface area contributed by atoms with Gasteiger partial charge in [-0.25, -0.2) is 4.79 Å². The Morgan fingerprint density at radius 3 is 1.89 bits per heavy atom. The highest BCUT2D eigenvalue weighted by Crippen LogP contribution is 2.76. The predicted molar refractivity (Wildman–Crippen MR) is 376 cm³/mol. The first-order chi connectivity index (χ1) is 52.5. The molecule has 11 rings (SSSR count). The number of hydrogen-bond acceptors (Lipinski definition) is 34. The number of allylic oxidation sites excluding steroid dienone is 1. The summed E-state index contributed by atoms with van der Waals surface area (Å²) in [5.74, 6) is -6.89. The summed E-state index contributed by atoms with van der Waals surface area (Å²) in [6.45, 7) is 9.84. The number of methoxy groups -OCH3 is 3. The van der Waals surface area contributed by atoms with Gasteiger partial charge in [-0.2, -0.15) is 0 Å². The number of fused-ring (bicyclic) bond motifs is 7. The molecule has 632 valence electrons. The zero-order valence-electron chi connectivity index (χ0n) is 64.5. The van der Waals surface area contributed by atoms with Crippen LogP contribution in [0.1, 0.15) is 132 Å². The van der Waals surface area contributed by atoms with Gasteiger partial charge in [0, 0.05) is 11.5 Å². The lowest BCUT2D eigenvalue weighted by Gasteiger charge is -2.71. The Labute approximate surface area is 646 Å². The van der Waals surface area contributed by atoms with Crippen molar-refractivity contribution >= 4 is 35.9 Å². The fourth-order valence-corrected chi connectivity index (χ4v) is 20.2. The van der Waals surface area contributed by atoms with E-state index in [1.807, 2.05) is 13.0 Å². The zero-order valence-corrected chi connectivity index (χ0v) is 64.5. The number of benzene rings is 1. The molecule has 0 bridgehead atoms. The average Bonchev–Trinajstić information content (AvgIpc) is 0.737. The molecule has 5 aliphatic heterocycles. The van der Waals surface area contributed by atoms with E-state index >= 15 is 4.79 Å². The molecule has 9 fully saturated rings. The van der Waals surface area contributed by atoms with Gasteiger partial charge in [0.2, 0.25) is 12.0 Å². The van der Waals surface area contributed by atoms with Gasteiger partial charge in [-0.3, -0.25) is 19.2 Å². The summed E-state index contributed by atoms with van der Waals surface area (Å²) in [7, 11) is 4.20. The van der Waals surface area contributed by atoms with Crippen molar-refractivity contribution < 1.29 is 177 Å². The molecule has 1 aromatic rings. The number of esters is 3. The van der Waals surface area contributed by atoms with Gasteiger partial charge in [-0.15, -0.1) is 0 Å². The molecule has 0 aromatic heterocycles. The minimum atomic E-state index is -2.49. The molecule has 5 aliphatic carbocycles. The van der Waals surface area contributed by atoms with Crippen LogP contribution in [0.3, 0.4) is 0 Å². The lowest BCUT2D eigenvalue weighted by molar-refractivity contribution is -0.384. The molecule has 36 nitrogen and oxygen atoms in total. The van der Waals surface area contributed by atoms with Crippen molar-refractivity contribution in [2.24, 2.45) is 50.2 Å². The number of carbonyl (C=O) groups is 5. The minimum Gasteiger partial charge on any atom is -0.493 e. The Morgan fingerprint density at radius 2 is 1.26 bits per heavy atom. The Morgan fingerprint density at radius 1 is 0.634 bits per heavy atom. The van der Waals surface area contributed by atoms with Crippen LogP contribution in [-0.2, 0) is 80.8 Å². The van der Waals surface area contributed by atoms with Gasteiger partial charge in [0.25, 0.3) is 0 Å². The minimum absolute atomic E-state index is 0.0305. The van der Waals surface area contributed by atoms with Gasteiger partial charge in [0.05, 0.1) is 95.3 Å². The van der Waals surface area contributed by atoms with E-state index in [1.165, 1.54) is 48.2 Å². The number of aliphatic hydroxyl groups is 14. The van der Waals surface area contributed by atoms with Crippen molar-refractivity contribution in [3.8, 4) is 17.2 Å². The monoisotopic (exact) mass is 1600 g/mol. The highest BCUT2D eigenvalue weighted by molar-refractivity contribution is 5.87. The van der Waals surface area contributed by atoms with E-state index in [2.05, 4.69) is 20.8 Å². The van der Waals surface area contributed by atoms with Crippen molar-refractivity contribution in [1.29, 1.82) is 0 Å². The van der Waals surface area contributed by atoms with Crippen LogP contribution in [0.15, 0.2) is 29.9 Å². The maximum absolute atomic E-state index is 16.2. The summed E-state index contributed by atoms with van der Waals surface area (Å²) in [6, 6.07) is 3.09. The third kappa shape index (κ3) is 15.9. The first-order valence-corrected chi connectivity index (χ1v) is 38.0. The smallest absolute Gasteiger partial charge is 0.331 e. The fourth-order valence-electron chi connectivity index (χ4n) is 20.2. The van der Waals surface area contributed by atoms with E-state index in [9.17, 15) is 101 Å². The van der Waals surface area contributed by atoms with Gasteiger partial charge in [-0.05, 0) is 143 Å². The third-order valence-corrected chi connectivity index (χ3v) is 26.4. The van der Waals surface area contributed by atoms with Crippen LogP contribution < -0.4 is 14.2 Å². The number of carboxylic acid groups (broad SMARTS) is 2. The predicted octanol–water partition coefficient (Wildman–Crippen LogP) is -1.41. The number of ether oxygens (including phenoxy) is 15. The van der Waals surface area contributed by atoms with Crippen LogP contribution in [0.5, 0.6) is 17.2 Å². The average molecular weight is 1600 g/mol. The van der Waals surface area contributed by atoms with Crippen molar-refractivity contribution in [2.45, 2.75) is 279 Å². The van der Waals surface area contributed by atoms with Gasteiger partial charge in [0.1, 0.15) is 86.0 Å². The van der Waals surface area contributed by atoms with E-state index in [0.29, 0.717) is 24.8 Å². The molecule has 36 heteroatoms. The van der Waals surface area contributed by atoms with E-state index < -0.39 is 278 Å². The Hall–Kier alpha value is -5.47. The lowest BCUT2D eigenvalue weighted by atomic mass is 9.33. The van der Waals surface area contributed by atoms with Gasteiger partial charge in [-0.1, -0.05) is 39.3 Å². The van der Waals surface area contributed by atoms with Gasteiger partial charge < -0.3 is 153 Å². The van der Waals surface area contributed by atoms with E-state index in [0.717, 1.165) is 18.6 Å². The van der Waals surface area contributed by atoms with Gasteiger partial charge in [0.15, 0.2) is 54.5 Å². The van der Waals surface area contributed by atoms with E-state index in [1.54, 1.807) is 12.1 Å². The second-order valence-electron chi connectivity index (χ2n) is 34.1. The molecular weight excluding hydrogens is 1490 g/mol. The van der Waals surface area contributed by atoms with Crippen LogP contribution in [-0.4, -0.2) is 318 Å². The summed E-state index contributed by atoms with van der Waals surface area (Å²) in [4.78, 5) is 68.5. The summed E-state index contributed by atoms with van der Waals surface area (Å²) in [5, 5.41) is 179. The van der Waals surface area contributed by atoms with Crippen LogP contribution in [0.2, 0.25) is 0 Å². The normalized spacial score (nSPS) is 45.0. The highest BCUT2D eigenvalue weighted by Gasteiger charge is 2.74. The highest BCUT2D eigenvalue weighted by atomic mass is 16.8. The van der Waals surface area contributed by atoms with Crippen molar-refractivity contribution in [2.75, 3.05) is 54.4 Å². The van der Waals surface area contributed by atoms with Crippen molar-refractivity contribution in [3.63, 3.8) is 0 Å².